The van der Waals surface area contributed by atoms with Crippen LogP contribution in [0.4, 0.5) is 9.59 Å². The van der Waals surface area contributed by atoms with Gasteiger partial charge >= 0.3 is 12.2 Å². The second kappa shape index (κ2) is 17.4. The average Bonchev–Trinajstić information content (AvgIpc) is 4.10. The van der Waals surface area contributed by atoms with Crippen molar-refractivity contribution in [3.8, 4) is 33.6 Å². The Kier molecular flexibility index (Phi) is 11.7. The highest BCUT2D eigenvalue weighted by atomic mass is 32.2. The normalized spacial score (nSPS) is 17.3. The maximum atomic E-state index is 13.8. The summed E-state index contributed by atoms with van der Waals surface area (Å²) in [6.45, 7) is 4.18. The first-order chi connectivity index (χ1) is 29.1. The van der Waals surface area contributed by atoms with Crippen molar-refractivity contribution in [3.05, 3.63) is 143 Å². The van der Waals surface area contributed by atoms with Crippen molar-refractivity contribution in [2.75, 3.05) is 23.3 Å². The molecule has 8 rings (SSSR count). The standard InChI is InChI=1S/C44H42N8O6S2/c1-25-26(2)32(34-20-48-40(50-34)36-22-60-24-52(36)42(54)38(58-44(46)56)30-11-7-4-8-12-30)18-17-31(25)27-13-15-28(16-14-27)33-19-47-39(49-33)35-21-59-23-51(35)41(53)37(57-43(45)55)29-9-5-3-6-10-29/h3-20,35-38H,21-24H2,1-2H3,(H2,45,55)(H2,46,56)(H,47,49)(H,48,50)/t35-,36-,37+,38+/m0/s1. The van der Waals surface area contributed by atoms with Crippen molar-refractivity contribution >= 4 is 47.5 Å². The van der Waals surface area contributed by atoms with Crippen LogP contribution in [0.25, 0.3) is 33.6 Å². The van der Waals surface area contributed by atoms with Gasteiger partial charge in [0, 0.05) is 28.2 Å². The van der Waals surface area contributed by atoms with Gasteiger partial charge in [-0.2, -0.15) is 0 Å². The van der Waals surface area contributed by atoms with Crippen LogP contribution in [0.3, 0.4) is 0 Å². The molecule has 4 atom stereocenters. The molecule has 4 heterocycles. The number of primary amides is 2. The predicted octanol–water partition coefficient (Wildman–Crippen LogP) is 7.57. The Labute approximate surface area is 354 Å². The number of amides is 4. The Bertz CT molecular complexity index is 2530. The molecule has 2 aliphatic heterocycles. The SMILES string of the molecule is Cc1c(-c2ccc(-c3cnc([C@@H]4CSCN4C(=O)[C@H](OC(N)=O)c4ccccc4)[nH]3)cc2)ccc(-c2cnc([C@@H]3CSCN3C(=O)[C@H](OC(N)=O)c3ccccc3)[nH]2)c1C. The number of ether oxygens (including phenoxy) is 2. The summed E-state index contributed by atoms with van der Waals surface area (Å²) >= 11 is 3.20. The van der Waals surface area contributed by atoms with Gasteiger partial charge in [-0.25, -0.2) is 19.6 Å². The molecule has 0 spiro atoms. The number of hydrogen-bond donors (Lipinski definition) is 4. The molecule has 0 aliphatic carbocycles. The first kappa shape index (κ1) is 40.3. The van der Waals surface area contributed by atoms with E-state index in [1.807, 2.05) is 24.3 Å². The molecule has 60 heavy (non-hydrogen) atoms. The van der Waals surface area contributed by atoms with Gasteiger partial charge in [0.2, 0.25) is 12.2 Å². The number of nitrogens with one attached hydrogen (secondary N) is 2. The van der Waals surface area contributed by atoms with Gasteiger partial charge in [-0.1, -0.05) is 97.1 Å². The summed E-state index contributed by atoms with van der Waals surface area (Å²) < 4.78 is 10.6. The molecule has 0 radical (unpaired) electrons. The fourth-order valence-electron chi connectivity index (χ4n) is 7.63. The molecule has 14 nitrogen and oxygen atoms in total. The summed E-state index contributed by atoms with van der Waals surface area (Å²) in [5.74, 6) is 2.66. The number of carbonyl (C=O) groups excluding carboxylic acids is 4. The van der Waals surface area contributed by atoms with Crippen LogP contribution >= 0.6 is 23.5 Å². The molecule has 0 unspecified atom stereocenters. The summed E-state index contributed by atoms with van der Waals surface area (Å²) in [6.07, 6.45) is -0.797. The molecule has 2 saturated heterocycles. The first-order valence-electron chi connectivity index (χ1n) is 19.2. The Morgan fingerprint density at radius 1 is 0.617 bits per heavy atom. The van der Waals surface area contributed by atoms with Gasteiger partial charge < -0.3 is 40.7 Å². The zero-order valence-electron chi connectivity index (χ0n) is 32.7. The van der Waals surface area contributed by atoms with Crippen molar-refractivity contribution in [2.45, 2.75) is 38.1 Å². The van der Waals surface area contributed by atoms with Crippen LogP contribution in [-0.2, 0) is 19.1 Å². The molecular formula is C44H42N8O6S2. The van der Waals surface area contributed by atoms with Crippen LogP contribution in [0.1, 0.15) is 58.2 Å². The van der Waals surface area contributed by atoms with E-state index in [4.69, 9.17) is 25.9 Å². The lowest BCUT2D eigenvalue weighted by atomic mass is 9.92. The zero-order chi connectivity index (χ0) is 41.9. The molecule has 2 fully saturated rings. The number of thioether (sulfide) groups is 2. The highest BCUT2D eigenvalue weighted by Gasteiger charge is 2.40. The third-order valence-corrected chi connectivity index (χ3v) is 12.9. The highest BCUT2D eigenvalue weighted by molar-refractivity contribution is 7.99. The number of benzene rings is 4. The van der Waals surface area contributed by atoms with Crippen LogP contribution in [0.15, 0.2) is 109 Å². The predicted molar refractivity (Wildman–Crippen MR) is 230 cm³/mol. The van der Waals surface area contributed by atoms with Crippen molar-refractivity contribution in [2.24, 2.45) is 11.5 Å². The van der Waals surface area contributed by atoms with E-state index in [1.54, 1.807) is 94.2 Å². The van der Waals surface area contributed by atoms with E-state index >= 15 is 0 Å². The molecule has 306 valence electrons. The minimum Gasteiger partial charge on any atom is -0.431 e. The monoisotopic (exact) mass is 842 g/mol. The van der Waals surface area contributed by atoms with Crippen molar-refractivity contribution in [3.63, 3.8) is 0 Å². The van der Waals surface area contributed by atoms with Gasteiger partial charge in [-0.05, 0) is 41.7 Å². The topological polar surface area (TPSA) is 203 Å². The number of carbonyl (C=O) groups is 4. The van der Waals surface area contributed by atoms with E-state index in [0.717, 1.165) is 44.8 Å². The number of nitrogens with zero attached hydrogens (tertiary/aromatic N) is 4. The number of H-pyrrole nitrogens is 2. The summed E-state index contributed by atoms with van der Waals surface area (Å²) in [4.78, 5) is 70.7. The maximum Gasteiger partial charge on any atom is 0.405 e. The smallest absolute Gasteiger partial charge is 0.405 e. The average molecular weight is 843 g/mol. The van der Waals surface area contributed by atoms with E-state index in [1.165, 1.54) is 0 Å². The number of imidazole rings is 2. The first-order valence-corrected chi connectivity index (χ1v) is 21.5. The third-order valence-electron chi connectivity index (χ3n) is 10.9. The van der Waals surface area contributed by atoms with E-state index in [2.05, 4.69) is 53.1 Å². The van der Waals surface area contributed by atoms with Crippen molar-refractivity contribution in [1.29, 1.82) is 0 Å². The molecule has 4 amide bonds. The second-order valence-electron chi connectivity index (χ2n) is 14.5. The summed E-state index contributed by atoms with van der Waals surface area (Å²) in [7, 11) is 0. The quantitative estimate of drug-likeness (QED) is 0.101. The van der Waals surface area contributed by atoms with Crippen LogP contribution in [0.5, 0.6) is 0 Å². The van der Waals surface area contributed by atoms with E-state index < -0.39 is 24.4 Å². The van der Waals surface area contributed by atoms with Crippen molar-refractivity contribution < 1.29 is 28.7 Å². The number of nitrogens with two attached hydrogens (primary N) is 2. The fourth-order valence-corrected chi connectivity index (χ4v) is 9.97. The van der Waals surface area contributed by atoms with Crippen LogP contribution in [0, 0.1) is 13.8 Å². The van der Waals surface area contributed by atoms with Gasteiger partial charge in [0.1, 0.15) is 11.6 Å². The Morgan fingerprint density at radius 3 is 1.55 bits per heavy atom. The highest BCUT2D eigenvalue weighted by Crippen LogP contribution is 2.39. The second-order valence-corrected chi connectivity index (χ2v) is 16.5. The minimum atomic E-state index is -1.16. The van der Waals surface area contributed by atoms with Gasteiger partial charge in [0.25, 0.3) is 11.8 Å². The van der Waals surface area contributed by atoms with Gasteiger partial charge in [0.05, 0.1) is 47.6 Å². The maximum absolute atomic E-state index is 13.8. The minimum absolute atomic E-state index is 0.346. The van der Waals surface area contributed by atoms with Crippen LogP contribution in [0.2, 0.25) is 0 Å². The lowest BCUT2D eigenvalue weighted by Crippen LogP contribution is -2.38. The van der Waals surface area contributed by atoms with Crippen molar-refractivity contribution in [1.82, 2.24) is 29.7 Å². The molecule has 4 aromatic carbocycles. The number of aromatic amines is 2. The Balaban J connectivity index is 0.967. The van der Waals surface area contributed by atoms with Crippen LogP contribution < -0.4 is 11.5 Å². The van der Waals surface area contributed by atoms with E-state index in [0.29, 0.717) is 46.0 Å². The summed E-state index contributed by atoms with van der Waals surface area (Å²) in [6, 6.07) is 29.4. The molecule has 6 aromatic rings. The third kappa shape index (κ3) is 8.20. The number of aromatic nitrogens is 4. The zero-order valence-corrected chi connectivity index (χ0v) is 34.4. The Morgan fingerprint density at radius 2 is 1.05 bits per heavy atom. The largest absolute Gasteiger partial charge is 0.431 e. The number of rotatable bonds is 11. The molecule has 16 heteroatoms. The summed E-state index contributed by atoms with van der Waals surface area (Å²) in [5.41, 5.74) is 19.7. The van der Waals surface area contributed by atoms with Gasteiger partial charge in [0.15, 0.2) is 0 Å². The number of hydrogen-bond acceptors (Lipinski definition) is 10. The summed E-state index contributed by atoms with van der Waals surface area (Å²) in [5, 5.41) is 0. The van der Waals surface area contributed by atoms with Crippen LogP contribution in [-0.4, -0.2) is 77.0 Å². The lowest BCUT2D eigenvalue weighted by molar-refractivity contribution is -0.141. The lowest BCUT2D eigenvalue weighted by Gasteiger charge is -2.27. The van der Waals surface area contributed by atoms with E-state index in [9.17, 15) is 19.2 Å². The van der Waals surface area contributed by atoms with Gasteiger partial charge in [-0.15, -0.1) is 23.5 Å². The van der Waals surface area contributed by atoms with Gasteiger partial charge in [-0.3, -0.25) is 9.59 Å². The molecule has 2 aromatic heterocycles. The molecule has 0 bridgehead atoms. The Hall–Kier alpha value is -6.52. The fraction of sp³-hybridized carbons (Fsp3) is 0.227. The molecule has 2 aliphatic rings. The molecular weight excluding hydrogens is 801 g/mol. The molecule has 0 saturated carbocycles. The molecule has 6 N–H and O–H groups in total. The van der Waals surface area contributed by atoms with E-state index in [-0.39, 0.29) is 23.9 Å².